The van der Waals surface area contributed by atoms with Crippen LogP contribution in [0.5, 0.6) is 0 Å². The van der Waals surface area contributed by atoms with Crippen molar-refractivity contribution in [2.24, 2.45) is 0 Å². The topological polar surface area (TPSA) is 100 Å². The predicted octanol–water partition coefficient (Wildman–Crippen LogP) is 3.22. The van der Waals surface area contributed by atoms with E-state index in [1.807, 2.05) is 0 Å². The van der Waals surface area contributed by atoms with Gasteiger partial charge < -0.3 is 14.8 Å². The van der Waals surface area contributed by atoms with Crippen molar-refractivity contribution in [1.29, 1.82) is 0 Å². The molecule has 0 fully saturated rings. The molecule has 0 aliphatic carbocycles. The fourth-order valence-corrected chi connectivity index (χ4v) is 3.36. The molecule has 1 atom stereocenters. The summed E-state index contributed by atoms with van der Waals surface area (Å²) in [5.41, 5.74) is -0.0590. The van der Waals surface area contributed by atoms with Gasteiger partial charge in [0.1, 0.15) is 5.76 Å². The van der Waals surface area contributed by atoms with Gasteiger partial charge in [0.15, 0.2) is 5.13 Å². The van der Waals surface area contributed by atoms with Crippen molar-refractivity contribution in [2.45, 2.75) is 49.1 Å². The summed E-state index contributed by atoms with van der Waals surface area (Å²) < 4.78 is 6.70. The van der Waals surface area contributed by atoms with Gasteiger partial charge in [0.25, 0.3) is 0 Å². The molecule has 2 heterocycles. The lowest BCUT2D eigenvalue weighted by molar-refractivity contribution is 0.229. The zero-order valence-corrected chi connectivity index (χ0v) is 15.8. The standard InChI is InChI=1S/C15H22N4O3S2/c1-9(7-20)18-13(21)19-14-17-6-12(24-14)23-8-11-16-5-10(22-11)15(2,3)4/h5-6,9,20H,7-8H2,1-4H3,(H2,17,18,19,21). The molecule has 132 valence electrons. The van der Waals surface area contributed by atoms with Crippen LogP contribution in [0.2, 0.25) is 0 Å². The summed E-state index contributed by atoms with van der Waals surface area (Å²) in [5.74, 6) is 2.13. The Labute approximate surface area is 149 Å². The van der Waals surface area contributed by atoms with Gasteiger partial charge in [0.05, 0.1) is 35.0 Å². The van der Waals surface area contributed by atoms with Crippen LogP contribution in [-0.2, 0) is 11.2 Å². The first-order chi connectivity index (χ1) is 11.3. The molecule has 2 aromatic heterocycles. The summed E-state index contributed by atoms with van der Waals surface area (Å²) >= 11 is 2.93. The number of oxazole rings is 1. The molecule has 2 rings (SSSR count). The lowest BCUT2D eigenvalue weighted by atomic mass is 9.94. The van der Waals surface area contributed by atoms with Crippen LogP contribution in [0.4, 0.5) is 9.93 Å². The smallest absolute Gasteiger partial charge is 0.321 e. The number of carbonyl (C=O) groups excluding carboxylic acids is 1. The zero-order valence-electron chi connectivity index (χ0n) is 14.1. The van der Waals surface area contributed by atoms with E-state index in [-0.39, 0.29) is 24.1 Å². The van der Waals surface area contributed by atoms with E-state index in [2.05, 4.69) is 41.4 Å². The average molecular weight is 371 g/mol. The van der Waals surface area contributed by atoms with Crippen LogP contribution in [0.15, 0.2) is 21.0 Å². The number of nitrogens with zero attached hydrogens (tertiary/aromatic N) is 2. The quantitative estimate of drug-likeness (QED) is 0.675. The molecular weight excluding hydrogens is 348 g/mol. The third kappa shape index (κ3) is 5.50. The summed E-state index contributed by atoms with van der Waals surface area (Å²) in [4.78, 5) is 20.1. The van der Waals surface area contributed by atoms with Crippen molar-refractivity contribution in [1.82, 2.24) is 15.3 Å². The number of aromatic nitrogens is 2. The Bertz CT molecular complexity index is 678. The molecule has 0 aliphatic rings. The highest BCUT2D eigenvalue weighted by Crippen LogP contribution is 2.31. The number of nitrogens with one attached hydrogen (secondary N) is 2. The van der Waals surface area contributed by atoms with Gasteiger partial charge in [0.2, 0.25) is 5.89 Å². The number of anilines is 1. The molecule has 0 spiro atoms. The van der Waals surface area contributed by atoms with E-state index < -0.39 is 0 Å². The summed E-state index contributed by atoms with van der Waals surface area (Å²) in [6.07, 6.45) is 3.47. The lowest BCUT2D eigenvalue weighted by Crippen LogP contribution is -2.38. The van der Waals surface area contributed by atoms with Gasteiger partial charge in [-0.2, -0.15) is 0 Å². The van der Waals surface area contributed by atoms with Crippen LogP contribution in [0.1, 0.15) is 39.3 Å². The van der Waals surface area contributed by atoms with E-state index in [1.54, 1.807) is 31.1 Å². The molecule has 0 saturated carbocycles. The van der Waals surface area contributed by atoms with Crippen LogP contribution >= 0.6 is 23.1 Å². The maximum absolute atomic E-state index is 11.7. The van der Waals surface area contributed by atoms with E-state index in [0.717, 1.165) is 9.97 Å². The maximum Gasteiger partial charge on any atom is 0.321 e. The average Bonchev–Trinajstić information content (AvgIpc) is 3.13. The second kappa shape index (κ2) is 8.00. The van der Waals surface area contributed by atoms with Gasteiger partial charge in [-0.1, -0.05) is 32.1 Å². The molecule has 2 amide bonds. The van der Waals surface area contributed by atoms with E-state index >= 15 is 0 Å². The normalized spacial score (nSPS) is 12.9. The third-order valence-electron chi connectivity index (χ3n) is 2.99. The molecule has 3 N–H and O–H groups in total. The van der Waals surface area contributed by atoms with E-state index in [9.17, 15) is 4.79 Å². The zero-order chi connectivity index (χ0) is 17.7. The van der Waals surface area contributed by atoms with E-state index in [0.29, 0.717) is 16.8 Å². The van der Waals surface area contributed by atoms with Crippen molar-refractivity contribution in [2.75, 3.05) is 11.9 Å². The minimum Gasteiger partial charge on any atom is -0.444 e. The molecular formula is C15H22N4O3S2. The van der Waals surface area contributed by atoms with Gasteiger partial charge >= 0.3 is 6.03 Å². The number of thioether (sulfide) groups is 1. The van der Waals surface area contributed by atoms with Gasteiger partial charge in [-0.15, -0.1) is 11.8 Å². The molecule has 0 bridgehead atoms. The SMILES string of the molecule is CC(CO)NC(=O)Nc1ncc(SCc2ncc(C(C)(C)C)o2)s1. The number of carbonyl (C=O) groups is 1. The number of hydrogen-bond donors (Lipinski definition) is 3. The number of aliphatic hydroxyl groups is 1. The maximum atomic E-state index is 11.7. The molecule has 0 saturated heterocycles. The van der Waals surface area contributed by atoms with Crippen molar-refractivity contribution in [3.05, 3.63) is 24.0 Å². The largest absolute Gasteiger partial charge is 0.444 e. The Kier molecular flexibility index (Phi) is 6.25. The number of amides is 2. The third-order valence-corrected chi connectivity index (χ3v) is 5.08. The number of rotatable bonds is 6. The molecule has 2 aromatic rings. The number of thiazole rings is 1. The molecule has 0 aromatic carbocycles. The fraction of sp³-hybridized carbons (Fsp3) is 0.533. The summed E-state index contributed by atoms with van der Waals surface area (Å²) in [7, 11) is 0. The first-order valence-corrected chi connectivity index (χ1v) is 9.30. The van der Waals surface area contributed by atoms with E-state index in [4.69, 9.17) is 9.52 Å². The summed E-state index contributed by atoms with van der Waals surface area (Å²) in [6.45, 7) is 7.83. The fourth-order valence-electron chi connectivity index (χ4n) is 1.64. The minimum absolute atomic E-state index is 0.0590. The number of urea groups is 1. The summed E-state index contributed by atoms with van der Waals surface area (Å²) in [5, 5.41) is 14.7. The van der Waals surface area contributed by atoms with Crippen LogP contribution in [0.25, 0.3) is 0 Å². The summed E-state index contributed by atoms with van der Waals surface area (Å²) in [6, 6.07) is -0.689. The Morgan fingerprint density at radius 3 is 2.79 bits per heavy atom. The van der Waals surface area contributed by atoms with Crippen LogP contribution < -0.4 is 10.6 Å². The molecule has 7 nitrogen and oxygen atoms in total. The van der Waals surface area contributed by atoms with Gasteiger partial charge in [-0.05, 0) is 6.92 Å². The highest BCUT2D eigenvalue weighted by Gasteiger charge is 2.19. The van der Waals surface area contributed by atoms with Gasteiger partial charge in [-0.25, -0.2) is 14.8 Å². The first-order valence-electron chi connectivity index (χ1n) is 7.50. The number of hydrogen-bond acceptors (Lipinski definition) is 7. The van der Waals surface area contributed by atoms with Crippen LogP contribution in [0, 0.1) is 0 Å². The molecule has 9 heteroatoms. The second-order valence-corrected chi connectivity index (χ2v) is 8.63. The van der Waals surface area contributed by atoms with Crippen molar-refractivity contribution in [3.8, 4) is 0 Å². The Morgan fingerprint density at radius 2 is 2.17 bits per heavy atom. The minimum atomic E-state index is -0.384. The highest BCUT2D eigenvalue weighted by molar-refractivity contribution is 8.00. The van der Waals surface area contributed by atoms with Crippen molar-refractivity contribution in [3.63, 3.8) is 0 Å². The van der Waals surface area contributed by atoms with E-state index in [1.165, 1.54) is 11.3 Å². The van der Waals surface area contributed by atoms with Crippen molar-refractivity contribution >= 4 is 34.3 Å². The molecule has 0 radical (unpaired) electrons. The monoisotopic (exact) mass is 370 g/mol. The van der Waals surface area contributed by atoms with Crippen molar-refractivity contribution < 1.29 is 14.3 Å². The predicted molar refractivity (Wildman–Crippen MR) is 95.6 cm³/mol. The second-order valence-electron chi connectivity index (χ2n) is 6.32. The van der Waals surface area contributed by atoms with Gasteiger partial charge in [0, 0.05) is 5.41 Å². The van der Waals surface area contributed by atoms with Crippen LogP contribution in [0.3, 0.4) is 0 Å². The lowest BCUT2D eigenvalue weighted by Gasteiger charge is -2.12. The highest BCUT2D eigenvalue weighted by atomic mass is 32.2. The van der Waals surface area contributed by atoms with Gasteiger partial charge in [-0.3, -0.25) is 5.32 Å². The number of aliphatic hydroxyl groups excluding tert-OH is 1. The Balaban J connectivity index is 1.85. The molecule has 0 aliphatic heterocycles. The first kappa shape index (κ1) is 18.8. The Hall–Kier alpha value is -1.58. The Morgan fingerprint density at radius 1 is 1.42 bits per heavy atom. The molecule has 1 unspecified atom stereocenters. The molecule has 24 heavy (non-hydrogen) atoms. The van der Waals surface area contributed by atoms with Crippen LogP contribution in [-0.4, -0.2) is 33.8 Å².